The Balaban J connectivity index is 0.000000343. The number of ether oxygens (including phenoxy) is 2. The number of hydrogen-bond acceptors (Lipinski definition) is 10. The molecule has 0 saturated heterocycles. The lowest BCUT2D eigenvalue weighted by Gasteiger charge is -2.04. The Bertz CT molecular complexity index is 1160. The van der Waals surface area contributed by atoms with Gasteiger partial charge in [0, 0.05) is 37.4 Å². The second-order valence-electron chi connectivity index (χ2n) is 6.57. The largest absolute Gasteiger partial charge is 0.439 e. The van der Waals surface area contributed by atoms with Crippen LogP contribution < -0.4 is 20.9 Å². The van der Waals surface area contributed by atoms with Crippen molar-refractivity contribution in [2.75, 3.05) is 11.5 Å². The molecule has 0 aliphatic heterocycles. The first kappa shape index (κ1) is 28.0. The maximum atomic E-state index is 10.5. The average molecular weight is 510 g/mol. The molecule has 0 unspecified atom stereocenters. The molecular formula is C25H28N6O6. The quantitative estimate of drug-likeness (QED) is 0.168. The van der Waals surface area contributed by atoms with E-state index in [1.54, 1.807) is 42.6 Å². The van der Waals surface area contributed by atoms with E-state index in [2.05, 4.69) is 9.97 Å². The topological polar surface area (TPSA) is 183 Å². The van der Waals surface area contributed by atoms with Gasteiger partial charge in [0.1, 0.15) is 17.7 Å². The van der Waals surface area contributed by atoms with Crippen LogP contribution in [0.3, 0.4) is 0 Å². The second-order valence-corrected chi connectivity index (χ2v) is 6.57. The number of benzene rings is 2. The average Bonchev–Trinajstić information content (AvgIpc) is 2.94. The van der Waals surface area contributed by atoms with Gasteiger partial charge < -0.3 is 20.9 Å². The molecule has 12 nitrogen and oxygen atoms in total. The minimum absolute atomic E-state index is 0.0518. The monoisotopic (exact) mass is 509 g/mol. The van der Waals surface area contributed by atoms with E-state index in [0.29, 0.717) is 28.8 Å². The van der Waals surface area contributed by atoms with E-state index in [9.17, 15) is 20.2 Å². The lowest BCUT2D eigenvalue weighted by Crippen LogP contribution is -1.92. The predicted octanol–water partition coefficient (Wildman–Crippen LogP) is 6.39. The van der Waals surface area contributed by atoms with Crippen molar-refractivity contribution in [2.45, 2.75) is 21.3 Å². The molecule has 0 aliphatic rings. The molecule has 4 N–H and O–H groups in total. The molecule has 0 amide bonds. The molecule has 2 aromatic heterocycles. The molecule has 12 heteroatoms. The summed E-state index contributed by atoms with van der Waals surface area (Å²) < 4.78 is 16.5. The summed E-state index contributed by atoms with van der Waals surface area (Å²) in [4.78, 5) is 27.6. The molecule has 2 aromatic carbocycles. The highest BCUT2D eigenvalue weighted by molar-refractivity contribution is 5.43. The smallest absolute Gasteiger partial charge is 0.287 e. The Morgan fingerprint density at radius 2 is 1.08 bits per heavy atom. The Morgan fingerprint density at radius 1 is 0.676 bits per heavy atom. The summed E-state index contributed by atoms with van der Waals surface area (Å²) in [5, 5.41) is 20.9. The molecule has 0 atom stereocenters. The van der Waals surface area contributed by atoms with Gasteiger partial charge in [0.15, 0.2) is 0 Å². The number of nitrogens with zero attached hydrogens (tertiary/aromatic N) is 4. The third kappa shape index (κ3) is 9.86. The third-order valence-corrected chi connectivity index (χ3v) is 4.06. The summed E-state index contributed by atoms with van der Waals surface area (Å²) >= 11 is 0. The molecule has 4 aromatic rings. The first-order chi connectivity index (χ1) is 18.3. The molecule has 0 saturated carbocycles. The van der Waals surface area contributed by atoms with Crippen molar-refractivity contribution >= 4 is 22.7 Å². The van der Waals surface area contributed by atoms with Gasteiger partial charge in [0.05, 0.1) is 21.7 Å². The van der Waals surface area contributed by atoms with Crippen molar-refractivity contribution in [1.29, 1.82) is 0 Å². The van der Waals surface area contributed by atoms with Gasteiger partial charge in [-0.15, -0.1) is 0 Å². The molecule has 194 valence electrons. The minimum atomic E-state index is -0.567. The number of nitro benzene ring substituents is 1. The number of aromatic nitrogens is 2. The maximum Gasteiger partial charge on any atom is 0.287 e. The van der Waals surface area contributed by atoms with Gasteiger partial charge in [-0.2, -0.15) is 0 Å². The van der Waals surface area contributed by atoms with E-state index in [-0.39, 0.29) is 17.3 Å². The highest BCUT2D eigenvalue weighted by Crippen LogP contribution is 2.23. The van der Waals surface area contributed by atoms with Crippen molar-refractivity contribution in [3.8, 4) is 23.3 Å². The molecular weight excluding hydrogens is 480 g/mol. The van der Waals surface area contributed by atoms with Crippen molar-refractivity contribution < 1.29 is 20.7 Å². The lowest BCUT2D eigenvalue weighted by atomic mass is 10.3. The fourth-order valence-electron chi connectivity index (χ4n) is 2.41. The number of pyridine rings is 2. The Labute approximate surface area is 215 Å². The summed E-state index contributed by atoms with van der Waals surface area (Å²) in [6.45, 7) is 4.00. The van der Waals surface area contributed by atoms with Crippen LogP contribution in [-0.2, 0) is 0 Å². The number of nitro groups is 2. The zero-order chi connectivity index (χ0) is 28.5. The van der Waals surface area contributed by atoms with Crippen molar-refractivity contribution in [2.24, 2.45) is 0 Å². The lowest BCUT2D eigenvalue weighted by molar-refractivity contribution is -0.385. The molecule has 2 heterocycles. The normalized spacial score (nSPS) is 9.43. The summed E-state index contributed by atoms with van der Waals surface area (Å²) in [7, 11) is 1.25. The number of nitrogen functional groups attached to an aromatic ring is 2. The van der Waals surface area contributed by atoms with Gasteiger partial charge in [-0.05, 0) is 42.5 Å². The Morgan fingerprint density at radius 3 is 1.49 bits per heavy atom. The van der Waals surface area contributed by atoms with Gasteiger partial charge in [0.25, 0.3) is 11.4 Å². The van der Waals surface area contributed by atoms with Crippen LogP contribution in [0.15, 0.2) is 85.2 Å². The first-order valence-corrected chi connectivity index (χ1v) is 10.6. The second kappa shape index (κ2) is 14.9. The van der Waals surface area contributed by atoms with Crippen LogP contribution in [0.4, 0.5) is 22.7 Å². The summed E-state index contributed by atoms with van der Waals surface area (Å²) in [5.74, 6) is 1.72. The van der Waals surface area contributed by atoms with Crippen molar-refractivity contribution in [3.05, 3.63) is 105 Å². The van der Waals surface area contributed by atoms with Crippen molar-refractivity contribution in [3.63, 3.8) is 0 Å². The Kier molecular flexibility index (Phi) is 11.3. The van der Waals surface area contributed by atoms with Crippen LogP contribution in [0.2, 0.25) is 0 Å². The Hall–Kier alpha value is -5.26. The zero-order valence-corrected chi connectivity index (χ0v) is 20.5. The number of hydrogen-bond donors (Lipinski definition) is 2. The van der Waals surface area contributed by atoms with E-state index in [1.807, 2.05) is 13.8 Å². The van der Waals surface area contributed by atoms with Gasteiger partial charge >= 0.3 is 0 Å². The molecule has 0 aliphatic carbocycles. The zero-order valence-electron chi connectivity index (χ0n) is 21.5. The fraction of sp³-hybridized carbons (Fsp3) is 0.120. The molecule has 0 radical (unpaired) electrons. The van der Waals surface area contributed by atoms with E-state index < -0.39 is 9.85 Å². The number of rotatable bonds is 6. The molecule has 0 bridgehead atoms. The summed E-state index contributed by atoms with van der Waals surface area (Å²) in [6.07, 6.45) is 2.62. The number of anilines is 2. The standard InChI is InChI=1S/C11H7N3O5.C11H11N3O.C2H6.CH4/c15-13(16)8-1-4-10(5-2-8)19-11-6-3-9(7-12-11)14(17)18;12-8-1-4-10(5-2-8)15-11-6-3-9(13)7-14-11;1-2;/h1-7H;1-7H,12-13H2;1-2H3;1H4/i;;;1D. The highest BCUT2D eigenvalue weighted by Gasteiger charge is 2.08. The fourth-order valence-corrected chi connectivity index (χ4v) is 2.41. The van der Waals surface area contributed by atoms with Gasteiger partial charge in [-0.25, -0.2) is 9.97 Å². The molecule has 0 fully saturated rings. The molecule has 0 spiro atoms. The summed E-state index contributed by atoms with van der Waals surface area (Å²) in [5.41, 5.74) is 12.2. The predicted molar refractivity (Wildman–Crippen MR) is 142 cm³/mol. The van der Waals surface area contributed by atoms with Crippen LogP contribution in [0.25, 0.3) is 0 Å². The highest BCUT2D eigenvalue weighted by atomic mass is 16.6. The first-order valence-electron chi connectivity index (χ1n) is 11.6. The molecule has 37 heavy (non-hydrogen) atoms. The third-order valence-electron chi connectivity index (χ3n) is 4.06. The van der Waals surface area contributed by atoms with E-state index in [4.69, 9.17) is 22.3 Å². The van der Waals surface area contributed by atoms with E-state index in [0.717, 1.165) is 6.20 Å². The van der Waals surface area contributed by atoms with Gasteiger partial charge in [-0.3, -0.25) is 20.2 Å². The van der Waals surface area contributed by atoms with Crippen LogP contribution >= 0.6 is 0 Å². The van der Waals surface area contributed by atoms with Crippen LogP contribution in [0.1, 0.15) is 22.6 Å². The SMILES string of the molecule is CC.Nc1ccc(Oc2ccc(N)cn2)cc1.O=[N+]([O-])c1ccc(Oc2ccc([N+](=O)[O-])cn2)cc1.[2H]C. The van der Waals surface area contributed by atoms with Crippen LogP contribution in [-0.4, -0.2) is 19.8 Å². The van der Waals surface area contributed by atoms with E-state index in [1.165, 1.54) is 43.8 Å². The maximum absolute atomic E-state index is 10.5. The van der Waals surface area contributed by atoms with E-state index >= 15 is 0 Å². The van der Waals surface area contributed by atoms with Gasteiger partial charge in [-0.1, -0.05) is 21.3 Å². The number of nitrogens with two attached hydrogens (primary N) is 2. The van der Waals surface area contributed by atoms with Crippen LogP contribution in [0, 0.1) is 20.2 Å². The summed E-state index contributed by atoms with van der Waals surface area (Å²) in [6, 6.07) is 18.6. The van der Waals surface area contributed by atoms with Crippen molar-refractivity contribution in [1.82, 2.24) is 9.97 Å². The minimum Gasteiger partial charge on any atom is -0.439 e. The molecule has 4 rings (SSSR count). The number of non-ortho nitro benzene ring substituents is 1. The van der Waals surface area contributed by atoms with Crippen LogP contribution in [0.5, 0.6) is 23.3 Å². The van der Waals surface area contributed by atoms with Gasteiger partial charge in [0.2, 0.25) is 11.8 Å².